The highest BCUT2D eigenvalue weighted by atomic mass is 19.3. The molecule has 4 aliphatic rings. The smallest absolute Gasteiger partial charge is 0.255 e. The summed E-state index contributed by atoms with van der Waals surface area (Å²) in [5.41, 5.74) is 1.08. The van der Waals surface area contributed by atoms with Gasteiger partial charge in [0, 0.05) is 57.3 Å². The van der Waals surface area contributed by atoms with Gasteiger partial charge in [0.1, 0.15) is 12.0 Å². The van der Waals surface area contributed by atoms with Gasteiger partial charge < -0.3 is 15.1 Å². The van der Waals surface area contributed by atoms with Crippen molar-refractivity contribution in [2.45, 2.75) is 31.4 Å². The number of anilines is 1. The van der Waals surface area contributed by atoms with Crippen LogP contribution in [0.25, 0.3) is 0 Å². The minimum absolute atomic E-state index is 0.00519. The van der Waals surface area contributed by atoms with E-state index in [-0.39, 0.29) is 49.5 Å². The second-order valence-electron chi connectivity index (χ2n) is 9.09. The molecule has 0 spiro atoms. The van der Waals surface area contributed by atoms with E-state index in [1.54, 1.807) is 6.07 Å². The van der Waals surface area contributed by atoms with Crippen LogP contribution in [0.5, 0.6) is 0 Å². The number of dihydropyridines is 1. The standard InChI is InChI=1S/C23H25F3N4O2/c1-27-21(31)16-3-2-15(10-19(16)24)30-12-14-9-17(14)18-8-13(11-28-20(18)30)22(32)29-6-4-23(25,26)5-7-29/h2-3,8,10-11,14,17-18,20H,4-7,9,12H2,1H3,(H,27,31). The first-order valence-electron chi connectivity index (χ1n) is 11.0. The van der Waals surface area contributed by atoms with Gasteiger partial charge in [-0.3, -0.25) is 14.6 Å². The number of aliphatic imine (C=N–C) groups is 1. The minimum Gasteiger partial charge on any atom is -0.355 e. The Hall–Kier alpha value is -2.84. The summed E-state index contributed by atoms with van der Waals surface area (Å²) in [4.78, 5) is 32.9. The number of piperidine rings is 2. The van der Waals surface area contributed by atoms with Crippen molar-refractivity contribution < 1.29 is 22.8 Å². The quantitative estimate of drug-likeness (QED) is 0.777. The lowest BCUT2D eigenvalue weighted by Gasteiger charge is -2.41. The second-order valence-corrected chi connectivity index (χ2v) is 9.09. The highest BCUT2D eigenvalue weighted by molar-refractivity contribution is 6.12. The molecule has 0 radical (unpaired) electrons. The number of benzene rings is 1. The maximum Gasteiger partial charge on any atom is 0.255 e. The lowest BCUT2D eigenvalue weighted by molar-refractivity contribution is -0.132. The molecule has 2 saturated heterocycles. The topological polar surface area (TPSA) is 65.0 Å². The predicted molar refractivity (Wildman–Crippen MR) is 113 cm³/mol. The average molecular weight is 446 g/mol. The van der Waals surface area contributed by atoms with Crippen molar-refractivity contribution in [1.29, 1.82) is 0 Å². The van der Waals surface area contributed by atoms with Crippen molar-refractivity contribution in [2.24, 2.45) is 22.7 Å². The van der Waals surface area contributed by atoms with Gasteiger partial charge in [-0.05, 0) is 36.5 Å². The highest BCUT2D eigenvalue weighted by Gasteiger charge is 2.53. The lowest BCUT2D eigenvalue weighted by Crippen LogP contribution is -2.48. The van der Waals surface area contributed by atoms with Crippen LogP contribution in [0, 0.1) is 23.6 Å². The van der Waals surface area contributed by atoms with Crippen LogP contribution in [-0.4, -0.2) is 61.7 Å². The van der Waals surface area contributed by atoms with Crippen molar-refractivity contribution in [3.63, 3.8) is 0 Å². The highest BCUT2D eigenvalue weighted by Crippen LogP contribution is 2.53. The van der Waals surface area contributed by atoms with Gasteiger partial charge in [-0.15, -0.1) is 0 Å². The number of nitrogens with zero attached hydrogens (tertiary/aromatic N) is 3. The molecule has 4 atom stereocenters. The first-order valence-corrected chi connectivity index (χ1v) is 11.0. The van der Waals surface area contributed by atoms with E-state index in [9.17, 15) is 22.8 Å². The van der Waals surface area contributed by atoms with Crippen LogP contribution in [-0.2, 0) is 4.79 Å². The zero-order valence-corrected chi connectivity index (χ0v) is 17.7. The van der Waals surface area contributed by atoms with Crippen LogP contribution in [0.15, 0.2) is 34.8 Å². The van der Waals surface area contributed by atoms with Crippen LogP contribution in [0.3, 0.4) is 0 Å². The van der Waals surface area contributed by atoms with E-state index in [2.05, 4.69) is 10.3 Å². The Kier molecular flexibility index (Phi) is 5.02. The third-order valence-corrected chi connectivity index (χ3v) is 7.09. The molecule has 1 aliphatic carbocycles. The normalized spacial score (nSPS) is 30.2. The number of hydrogen-bond donors (Lipinski definition) is 1. The Morgan fingerprint density at radius 2 is 1.97 bits per heavy atom. The fraction of sp³-hybridized carbons (Fsp3) is 0.522. The molecule has 4 unspecified atom stereocenters. The fourth-order valence-corrected chi connectivity index (χ4v) is 5.14. The summed E-state index contributed by atoms with van der Waals surface area (Å²) in [6, 6.07) is 4.56. The number of amides is 2. The van der Waals surface area contributed by atoms with E-state index in [4.69, 9.17) is 0 Å². The number of fused-ring (bicyclic) bond motifs is 3. The summed E-state index contributed by atoms with van der Waals surface area (Å²) in [7, 11) is 1.45. The monoisotopic (exact) mass is 446 g/mol. The van der Waals surface area contributed by atoms with Crippen molar-refractivity contribution in [2.75, 3.05) is 31.6 Å². The fourth-order valence-electron chi connectivity index (χ4n) is 5.14. The van der Waals surface area contributed by atoms with Gasteiger partial charge >= 0.3 is 0 Å². The molecule has 0 bridgehead atoms. The van der Waals surface area contributed by atoms with Gasteiger partial charge in [0.2, 0.25) is 0 Å². The van der Waals surface area contributed by atoms with Crippen molar-refractivity contribution in [3.8, 4) is 0 Å². The zero-order chi connectivity index (χ0) is 22.6. The maximum atomic E-state index is 14.6. The van der Waals surface area contributed by atoms with Gasteiger partial charge in [-0.1, -0.05) is 6.08 Å². The van der Waals surface area contributed by atoms with Crippen LogP contribution in [0.2, 0.25) is 0 Å². The Morgan fingerprint density at radius 3 is 2.66 bits per heavy atom. The molecule has 2 amide bonds. The molecule has 3 aliphatic heterocycles. The van der Waals surface area contributed by atoms with Gasteiger partial charge in [0.25, 0.3) is 17.7 Å². The molecule has 6 nitrogen and oxygen atoms in total. The van der Waals surface area contributed by atoms with Crippen LogP contribution >= 0.6 is 0 Å². The number of hydrogen-bond acceptors (Lipinski definition) is 4. The van der Waals surface area contributed by atoms with E-state index in [1.807, 2.05) is 11.0 Å². The largest absolute Gasteiger partial charge is 0.355 e. The molecular formula is C23H25F3N4O2. The molecule has 32 heavy (non-hydrogen) atoms. The van der Waals surface area contributed by atoms with Crippen LogP contribution < -0.4 is 10.2 Å². The van der Waals surface area contributed by atoms with E-state index in [1.165, 1.54) is 30.3 Å². The maximum absolute atomic E-state index is 14.6. The summed E-state index contributed by atoms with van der Waals surface area (Å²) in [6.45, 7) is 0.820. The lowest BCUT2D eigenvalue weighted by atomic mass is 9.89. The second kappa shape index (κ2) is 7.64. The number of rotatable bonds is 3. The van der Waals surface area contributed by atoms with E-state index >= 15 is 0 Å². The Bertz CT molecular complexity index is 1010. The molecule has 1 N–H and O–H groups in total. The summed E-state index contributed by atoms with van der Waals surface area (Å²) >= 11 is 0. The number of nitrogens with one attached hydrogen (secondary N) is 1. The SMILES string of the molecule is CNC(=O)c1ccc(N2CC3CC3C3C=C(C(=O)N4CCC(F)(F)CC4)C=NC32)cc1F. The molecule has 1 aromatic rings. The molecule has 5 rings (SSSR count). The molecular weight excluding hydrogens is 421 g/mol. The van der Waals surface area contributed by atoms with Gasteiger partial charge in [0.15, 0.2) is 0 Å². The summed E-state index contributed by atoms with van der Waals surface area (Å²) < 4.78 is 41.5. The number of carbonyl (C=O) groups is 2. The molecule has 0 aromatic heterocycles. The van der Waals surface area contributed by atoms with Gasteiger partial charge in [0.05, 0.1) is 11.1 Å². The van der Waals surface area contributed by atoms with Crippen molar-refractivity contribution >= 4 is 23.7 Å². The van der Waals surface area contributed by atoms with Crippen LogP contribution in [0.4, 0.5) is 18.9 Å². The third-order valence-electron chi connectivity index (χ3n) is 7.09. The van der Waals surface area contributed by atoms with Crippen molar-refractivity contribution in [3.05, 3.63) is 41.2 Å². The Labute approximate surface area is 184 Å². The average Bonchev–Trinajstić information content (AvgIpc) is 3.57. The molecule has 3 heterocycles. The van der Waals surface area contributed by atoms with E-state index in [0.717, 1.165) is 13.0 Å². The molecule has 1 aromatic carbocycles. The van der Waals surface area contributed by atoms with Crippen LogP contribution in [0.1, 0.15) is 29.6 Å². The van der Waals surface area contributed by atoms with Gasteiger partial charge in [-0.2, -0.15) is 0 Å². The zero-order valence-electron chi connectivity index (χ0n) is 17.7. The van der Waals surface area contributed by atoms with Gasteiger partial charge in [-0.25, -0.2) is 13.2 Å². The summed E-state index contributed by atoms with van der Waals surface area (Å²) in [5.74, 6) is -3.17. The summed E-state index contributed by atoms with van der Waals surface area (Å²) in [5, 5.41) is 2.43. The Balaban J connectivity index is 1.35. The Morgan fingerprint density at radius 1 is 1.22 bits per heavy atom. The van der Waals surface area contributed by atoms with E-state index < -0.39 is 17.6 Å². The molecule has 9 heteroatoms. The minimum atomic E-state index is -2.70. The first kappa shape index (κ1) is 21.0. The van der Waals surface area contributed by atoms with Crippen molar-refractivity contribution in [1.82, 2.24) is 10.2 Å². The number of carbonyl (C=O) groups excluding carboxylic acids is 2. The predicted octanol–water partition coefficient (Wildman–Crippen LogP) is 2.85. The molecule has 3 fully saturated rings. The molecule has 1 saturated carbocycles. The third kappa shape index (κ3) is 3.67. The molecule has 170 valence electrons. The van der Waals surface area contributed by atoms with E-state index in [0.29, 0.717) is 23.1 Å². The number of likely N-dealkylation sites (tertiary alicyclic amines) is 1. The first-order chi connectivity index (χ1) is 15.3. The number of alkyl halides is 2. The number of halogens is 3. The summed E-state index contributed by atoms with van der Waals surface area (Å²) in [6.07, 6.45) is 3.59.